The minimum atomic E-state index is -0.928. The lowest BCUT2D eigenvalue weighted by Gasteiger charge is -2.43. The average Bonchev–Trinajstić information content (AvgIpc) is 3.49. The Morgan fingerprint density at radius 1 is 1.12 bits per heavy atom. The number of benzene rings is 1. The third-order valence-corrected chi connectivity index (χ3v) is 10.7. The van der Waals surface area contributed by atoms with Crippen LogP contribution < -0.4 is 4.87 Å². The molecule has 10 heteroatoms. The topological polar surface area (TPSA) is 108 Å². The molecule has 2 aromatic rings. The summed E-state index contributed by atoms with van der Waals surface area (Å²) in [4.78, 5) is 55.0. The first-order valence-electron chi connectivity index (χ1n) is 11.1. The predicted octanol–water partition coefficient (Wildman–Crippen LogP) is 3.43. The van der Waals surface area contributed by atoms with E-state index in [4.69, 9.17) is 16.7 Å². The molecule has 2 amide bonds. The Kier molecular flexibility index (Phi) is 5.01. The van der Waals surface area contributed by atoms with Gasteiger partial charge in [-0.15, -0.1) is 11.8 Å². The summed E-state index contributed by atoms with van der Waals surface area (Å²) in [6.45, 7) is 0.167. The largest absolute Gasteiger partial charge is 0.481 e. The number of rotatable bonds is 5. The van der Waals surface area contributed by atoms with Crippen LogP contribution in [0.3, 0.4) is 0 Å². The molecule has 1 aromatic carbocycles. The monoisotopic (exact) mass is 504 g/mol. The number of carbonyl (C=O) groups is 3. The van der Waals surface area contributed by atoms with E-state index in [-0.39, 0.29) is 76.8 Å². The number of carboxylic acids is 1. The van der Waals surface area contributed by atoms with Crippen LogP contribution >= 0.6 is 34.7 Å². The summed E-state index contributed by atoms with van der Waals surface area (Å²) in [6.07, 6.45) is 1.04. The molecule has 33 heavy (non-hydrogen) atoms. The summed E-state index contributed by atoms with van der Waals surface area (Å²) >= 11 is 9.02. The molecule has 2 aliphatic heterocycles. The first-order chi connectivity index (χ1) is 15.8. The fraction of sp³-hybridized carbons (Fsp3) is 0.478. The second-order valence-electron chi connectivity index (χ2n) is 9.34. The van der Waals surface area contributed by atoms with Crippen molar-refractivity contribution in [2.24, 2.45) is 29.6 Å². The molecular weight excluding hydrogens is 484 g/mol. The number of thiazole rings is 1. The number of H-pyrrole nitrogens is 1. The van der Waals surface area contributed by atoms with Crippen molar-refractivity contribution < 1.29 is 19.5 Å². The lowest BCUT2D eigenvalue weighted by molar-refractivity contribution is -0.142. The van der Waals surface area contributed by atoms with Gasteiger partial charge in [-0.3, -0.25) is 24.1 Å². The molecule has 7 nitrogen and oxygen atoms in total. The van der Waals surface area contributed by atoms with Gasteiger partial charge in [-0.05, 0) is 48.3 Å². The first-order valence-corrected chi connectivity index (χ1v) is 13.1. The van der Waals surface area contributed by atoms with Gasteiger partial charge in [0.1, 0.15) is 0 Å². The van der Waals surface area contributed by atoms with E-state index in [1.165, 1.54) is 16.2 Å². The molecule has 2 bridgehead atoms. The molecule has 2 aliphatic carbocycles. The molecule has 1 aromatic heterocycles. The summed E-state index contributed by atoms with van der Waals surface area (Å²) in [5.74, 6) is -1.64. The Morgan fingerprint density at radius 2 is 1.82 bits per heavy atom. The number of halogens is 1. The highest BCUT2D eigenvalue weighted by Gasteiger charge is 2.69. The van der Waals surface area contributed by atoms with Crippen LogP contribution in [-0.2, 0) is 14.4 Å². The Morgan fingerprint density at radius 3 is 2.52 bits per heavy atom. The van der Waals surface area contributed by atoms with Crippen molar-refractivity contribution in [3.8, 4) is 0 Å². The van der Waals surface area contributed by atoms with Crippen molar-refractivity contribution in [3.63, 3.8) is 0 Å². The van der Waals surface area contributed by atoms with E-state index < -0.39 is 5.97 Å². The number of thioether (sulfide) groups is 1. The van der Waals surface area contributed by atoms with Crippen molar-refractivity contribution in [1.82, 2.24) is 9.88 Å². The molecule has 0 radical (unpaired) electrons. The van der Waals surface area contributed by atoms with Gasteiger partial charge in [-0.2, -0.15) is 0 Å². The third kappa shape index (κ3) is 3.15. The lowest BCUT2D eigenvalue weighted by atomic mass is 9.68. The van der Waals surface area contributed by atoms with Gasteiger partial charge in [0.15, 0.2) is 0 Å². The maximum absolute atomic E-state index is 13.4. The number of aromatic nitrogens is 1. The standard InChI is InChI=1S/C23H21ClN2O5S2/c24-10-5-3-9(4-6-10)14-15-11-8-12(18(15)32-20-19(14)33-23(31)25-20)17-16(11)21(29)26(22(17)30)7-1-2-13(27)28/h3-6,11-12,14-18H,1-2,7-8H2,(H,25,31)(H,27,28)/t11?,12?,14-,15?,16?,17?,18?/m1/s1. The molecule has 0 spiro atoms. The number of carbonyl (C=O) groups excluding carboxylic acids is 2. The Balaban J connectivity index is 1.37. The van der Waals surface area contributed by atoms with Crippen molar-refractivity contribution in [2.75, 3.05) is 6.54 Å². The first kappa shape index (κ1) is 21.4. The second kappa shape index (κ2) is 7.71. The Labute approximate surface area is 202 Å². The van der Waals surface area contributed by atoms with Crippen LogP contribution in [0.25, 0.3) is 0 Å². The highest BCUT2D eigenvalue weighted by atomic mass is 35.5. The van der Waals surface area contributed by atoms with Crippen LogP contribution in [0.5, 0.6) is 0 Å². The van der Waals surface area contributed by atoms with Crippen LogP contribution in [0.2, 0.25) is 5.02 Å². The molecule has 2 saturated carbocycles. The maximum atomic E-state index is 13.4. The summed E-state index contributed by atoms with van der Waals surface area (Å²) in [6, 6.07) is 7.70. The third-order valence-electron chi connectivity index (χ3n) is 7.82. The van der Waals surface area contributed by atoms with E-state index >= 15 is 0 Å². The van der Waals surface area contributed by atoms with Crippen molar-refractivity contribution in [3.05, 3.63) is 49.4 Å². The summed E-state index contributed by atoms with van der Waals surface area (Å²) in [5, 5.41) is 10.6. The zero-order chi connectivity index (χ0) is 23.0. The van der Waals surface area contributed by atoms with E-state index in [1.807, 2.05) is 24.3 Å². The molecule has 7 atom stereocenters. The Hall–Kier alpha value is -2.10. The van der Waals surface area contributed by atoms with Crippen LogP contribution in [0.15, 0.2) is 34.1 Å². The molecule has 172 valence electrons. The highest BCUT2D eigenvalue weighted by molar-refractivity contribution is 8.00. The van der Waals surface area contributed by atoms with Crippen molar-refractivity contribution in [2.45, 2.75) is 35.5 Å². The van der Waals surface area contributed by atoms with E-state index in [0.717, 1.165) is 21.9 Å². The number of fused-ring (bicyclic) bond motifs is 9. The number of aromatic amines is 1. The number of hydrogen-bond donors (Lipinski definition) is 2. The van der Waals surface area contributed by atoms with Gasteiger partial charge in [-0.25, -0.2) is 0 Å². The lowest BCUT2D eigenvalue weighted by Crippen LogP contribution is -2.42. The van der Waals surface area contributed by atoms with E-state index in [9.17, 15) is 19.2 Å². The number of aliphatic carboxylic acids is 1. The minimum Gasteiger partial charge on any atom is -0.481 e. The summed E-state index contributed by atoms with van der Waals surface area (Å²) < 4.78 is 0. The second-order valence-corrected chi connectivity index (χ2v) is 12.0. The van der Waals surface area contributed by atoms with E-state index in [2.05, 4.69) is 4.98 Å². The molecule has 3 heterocycles. The molecule has 3 fully saturated rings. The van der Waals surface area contributed by atoms with Gasteiger partial charge < -0.3 is 10.1 Å². The molecule has 1 saturated heterocycles. The number of likely N-dealkylation sites (tertiary alicyclic amines) is 1. The summed E-state index contributed by atoms with van der Waals surface area (Å²) in [5.41, 5.74) is 1.07. The quantitative estimate of drug-likeness (QED) is 0.604. The normalized spacial score (nSPS) is 33.8. The molecule has 6 unspecified atom stereocenters. The van der Waals surface area contributed by atoms with Gasteiger partial charge in [0.25, 0.3) is 0 Å². The number of hydrogen-bond acceptors (Lipinski definition) is 6. The number of nitrogens with one attached hydrogen (secondary N) is 1. The predicted molar refractivity (Wildman–Crippen MR) is 124 cm³/mol. The molecular formula is C23H21ClN2O5S2. The molecule has 6 rings (SSSR count). The van der Waals surface area contributed by atoms with E-state index in [0.29, 0.717) is 5.02 Å². The van der Waals surface area contributed by atoms with Crippen molar-refractivity contribution in [1.29, 1.82) is 0 Å². The number of nitrogens with zero attached hydrogens (tertiary/aromatic N) is 1. The van der Waals surface area contributed by atoms with Gasteiger partial charge >= 0.3 is 10.8 Å². The molecule has 4 aliphatic rings. The van der Waals surface area contributed by atoms with Gasteiger partial charge in [-0.1, -0.05) is 35.1 Å². The SMILES string of the molecule is O=C(O)CCCN1C(=O)C2C3CC(C2C1=O)C1C3Sc2[nH]c(=O)sc2[C@@H]1c1ccc(Cl)cc1. The number of amides is 2. The van der Waals surface area contributed by atoms with Crippen LogP contribution in [0, 0.1) is 29.6 Å². The van der Waals surface area contributed by atoms with Crippen LogP contribution in [-0.4, -0.2) is 44.6 Å². The van der Waals surface area contributed by atoms with Crippen molar-refractivity contribution >= 4 is 52.5 Å². The molecule has 2 N–H and O–H groups in total. The Bertz CT molecular complexity index is 1220. The minimum absolute atomic E-state index is 0.0209. The fourth-order valence-corrected chi connectivity index (χ4v) is 9.75. The zero-order valence-corrected chi connectivity index (χ0v) is 19.8. The van der Waals surface area contributed by atoms with Gasteiger partial charge in [0.05, 0.1) is 16.9 Å². The van der Waals surface area contributed by atoms with Crippen LogP contribution in [0.4, 0.5) is 0 Å². The average molecular weight is 505 g/mol. The number of carboxylic acid groups (broad SMARTS) is 1. The summed E-state index contributed by atoms with van der Waals surface area (Å²) in [7, 11) is 0. The zero-order valence-electron chi connectivity index (χ0n) is 17.4. The van der Waals surface area contributed by atoms with Crippen LogP contribution in [0.1, 0.15) is 35.6 Å². The highest BCUT2D eigenvalue weighted by Crippen LogP contribution is 2.68. The van der Waals surface area contributed by atoms with Gasteiger partial charge in [0, 0.05) is 34.0 Å². The number of imide groups is 1. The fourth-order valence-electron chi connectivity index (χ4n) is 6.73. The van der Waals surface area contributed by atoms with E-state index in [1.54, 1.807) is 11.8 Å². The smallest absolute Gasteiger partial charge is 0.305 e. The van der Waals surface area contributed by atoms with Gasteiger partial charge in [0.2, 0.25) is 11.8 Å². The maximum Gasteiger partial charge on any atom is 0.305 e.